The molecule has 7 nitrogen and oxygen atoms in total. The first-order chi connectivity index (χ1) is 6.65. The molecule has 0 aliphatic carbocycles. The fraction of sp³-hybridized carbons (Fsp3) is 0.714. The molecular formula is C7H10N4O3. The Hall–Kier alpha value is -1.75. The van der Waals surface area contributed by atoms with E-state index in [-0.39, 0.29) is 25.5 Å². The number of ether oxygens (including phenoxy) is 1. The number of carbonyl (C=O) groups is 2. The van der Waals surface area contributed by atoms with Gasteiger partial charge in [-0.3, -0.25) is 4.79 Å². The van der Waals surface area contributed by atoms with Crippen molar-refractivity contribution in [1.29, 1.82) is 0 Å². The third-order valence-electron chi connectivity index (χ3n) is 1.78. The number of rotatable bonds is 3. The van der Waals surface area contributed by atoms with E-state index in [2.05, 4.69) is 14.8 Å². The standard InChI is InChI=1S/C7H10N4O3/c1-5(9-10-8)4-6(12)11-2-3-14-7(11)13/h5H,2-4H2,1H3. The van der Waals surface area contributed by atoms with E-state index in [0.717, 1.165) is 4.90 Å². The van der Waals surface area contributed by atoms with Gasteiger partial charge in [-0.15, -0.1) is 0 Å². The van der Waals surface area contributed by atoms with Crippen LogP contribution in [-0.4, -0.2) is 36.1 Å². The van der Waals surface area contributed by atoms with Crippen LogP contribution in [0.3, 0.4) is 0 Å². The second-order valence-corrected chi connectivity index (χ2v) is 2.92. The van der Waals surface area contributed by atoms with Crippen LogP contribution in [0.5, 0.6) is 0 Å². The van der Waals surface area contributed by atoms with E-state index in [1.807, 2.05) is 0 Å². The molecule has 0 aromatic carbocycles. The van der Waals surface area contributed by atoms with Crippen molar-refractivity contribution in [2.45, 2.75) is 19.4 Å². The second kappa shape index (κ2) is 4.48. The SMILES string of the molecule is CC(CC(=O)N1CCOC1=O)N=[N+]=[N-]. The minimum atomic E-state index is -0.622. The topological polar surface area (TPSA) is 95.4 Å². The molecule has 76 valence electrons. The van der Waals surface area contributed by atoms with Crippen molar-refractivity contribution in [2.24, 2.45) is 5.11 Å². The Morgan fingerprint density at radius 1 is 1.86 bits per heavy atom. The molecule has 0 N–H and O–H groups in total. The van der Waals surface area contributed by atoms with E-state index in [9.17, 15) is 9.59 Å². The monoisotopic (exact) mass is 198 g/mol. The van der Waals surface area contributed by atoms with E-state index in [1.54, 1.807) is 6.92 Å². The molecule has 0 aromatic rings. The maximum absolute atomic E-state index is 11.4. The van der Waals surface area contributed by atoms with Gasteiger partial charge >= 0.3 is 6.09 Å². The van der Waals surface area contributed by atoms with E-state index in [1.165, 1.54) is 0 Å². The van der Waals surface area contributed by atoms with Crippen LogP contribution in [0.1, 0.15) is 13.3 Å². The molecule has 0 spiro atoms. The van der Waals surface area contributed by atoms with E-state index >= 15 is 0 Å². The zero-order chi connectivity index (χ0) is 10.6. The Labute approximate surface area is 80.3 Å². The van der Waals surface area contributed by atoms with Crippen LogP contribution in [0.15, 0.2) is 5.11 Å². The summed E-state index contributed by atoms with van der Waals surface area (Å²) in [7, 11) is 0. The molecule has 1 aliphatic rings. The molecule has 1 atom stereocenters. The molecule has 2 amide bonds. The summed E-state index contributed by atoms with van der Waals surface area (Å²) in [5.41, 5.74) is 8.11. The minimum Gasteiger partial charge on any atom is -0.447 e. The van der Waals surface area contributed by atoms with Gasteiger partial charge < -0.3 is 4.74 Å². The fourth-order valence-electron chi connectivity index (χ4n) is 1.11. The van der Waals surface area contributed by atoms with Crippen LogP contribution in [0.4, 0.5) is 4.79 Å². The highest BCUT2D eigenvalue weighted by Crippen LogP contribution is 2.08. The van der Waals surface area contributed by atoms with E-state index < -0.39 is 12.1 Å². The van der Waals surface area contributed by atoms with Crippen LogP contribution in [-0.2, 0) is 9.53 Å². The lowest BCUT2D eigenvalue weighted by Gasteiger charge is -2.11. The largest absolute Gasteiger partial charge is 0.447 e. The molecule has 1 fully saturated rings. The summed E-state index contributed by atoms with van der Waals surface area (Å²) < 4.78 is 4.59. The van der Waals surface area contributed by atoms with Gasteiger partial charge in [0.15, 0.2) is 0 Å². The van der Waals surface area contributed by atoms with Crippen LogP contribution < -0.4 is 0 Å². The third-order valence-corrected chi connectivity index (χ3v) is 1.78. The summed E-state index contributed by atoms with van der Waals surface area (Å²) in [5, 5.41) is 3.34. The smallest absolute Gasteiger partial charge is 0.416 e. The van der Waals surface area contributed by atoms with Gasteiger partial charge in [-0.2, -0.15) is 0 Å². The van der Waals surface area contributed by atoms with Gasteiger partial charge in [0, 0.05) is 17.4 Å². The van der Waals surface area contributed by atoms with Gasteiger partial charge in [-0.25, -0.2) is 9.69 Å². The van der Waals surface area contributed by atoms with Crippen molar-refractivity contribution >= 4 is 12.0 Å². The summed E-state index contributed by atoms with van der Waals surface area (Å²) >= 11 is 0. The number of nitrogens with zero attached hydrogens (tertiary/aromatic N) is 4. The average Bonchev–Trinajstić information content (AvgIpc) is 2.51. The van der Waals surface area contributed by atoms with Gasteiger partial charge in [0.05, 0.1) is 6.54 Å². The highest BCUT2D eigenvalue weighted by Gasteiger charge is 2.28. The molecule has 1 rings (SSSR count). The van der Waals surface area contributed by atoms with Gasteiger partial charge in [0.2, 0.25) is 5.91 Å². The first-order valence-electron chi connectivity index (χ1n) is 4.16. The van der Waals surface area contributed by atoms with Crippen molar-refractivity contribution in [3.8, 4) is 0 Å². The van der Waals surface area contributed by atoms with Crippen molar-refractivity contribution in [3.05, 3.63) is 10.4 Å². The number of azide groups is 1. The summed E-state index contributed by atoms with van der Waals surface area (Å²) in [5.74, 6) is -0.368. The molecule has 1 saturated heterocycles. The lowest BCUT2D eigenvalue weighted by atomic mass is 10.2. The molecule has 0 aromatic heterocycles. The Bertz CT molecular complexity index is 297. The molecular weight excluding hydrogens is 188 g/mol. The highest BCUT2D eigenvalue weighted by atomic mass is 16.6. The molecule has 1 unspecified atom stereocenters. The number of imide groups is 1. The molecule has 0 bridgehead atoms. The van der Waals surface area contributed by atoms with Gasteiger partial charge in [0.25, 0.3) is 0 Å². The Balaban J connectivity index is 2.49. The van der Waals surface area contributed by atoms with Crippen LogP contribution in [0, 0.1) is 0 Å². The van der Waals surface area contributed by atoms with E-state index in [4.69, 9.17) is 5.53 Å². The molecule has 0 radical (unpaired) electrons. The van der Waals surface area contributed by atoms with Gasteiger partial charge in [-0.1, -0.05) is 12.0 Å². The normalized spacial score (nSPS) is 17.2. The zero-order valence-electron chi connectivity index (χ0n) is 7.71. The third kappa shape index (κ3) is 2.37. The predicted molar refractivity (Wildman–Crippen MR) is 46.3 cm³/mol. The van der Waals surface area contributed by atoms with Gasteiger partial charge in [0.1, 0.15) is 6.61 Å². The van der Waals surface area contributed by atoms with Crippen LogP contribution >= 0.6 is 0 Å². The van der Waals surface area contributed by atoms with Crippen molar-refractivity contribution < 1.29 is 14.3 Å². The number of amides is 2. The lowest BCUT2D eigenvalue weighted by molar-refractivity contribution is -0.128. The van der Waals surface area contributed by atoms with Crippen LogP contribution in [0.25, 0.3) is 10.4 Å². The first-order valence-corrected chi connectivity index (χ1v) is 4.16. The molecule has 0 saturated carbocycles. The number of hydrogen-bond acceptors (Lipinski definition) is 4. The van der Waals surface area contributed by atoms with Crippen molar-refractivity contribution in [2.75, 3.05) is 13.2 Å². The second-order valence-electron chi connectivity index (χ2n) is 2.92. The first kappa shape index (κ1) is 10.3. The zero-order valence-corrected chi connectivity index (χ0v) is 7.71. The number of carbonyl (C=O) groups excluding carboxylic acids is 2. The summed E-state index contributed by atoms with van der Waals surface area (Å²) in [6.45, 7) is 2.13. The number of hydrogen-bond donors (Lipinski definition) is 0. The molecule has 1 aliphatic heterocycles. The van der Waals surface area contributed by atoms with Crippen LogP contribution in [0.2, 0.25) is 0 Å². The quantitative estimate of drug-likeness (QED) is 0.385. The summed E-state index contributed by atoms with van der Waals surface area (Å²) in [6, 6.07) is -0.444. The summed E-state index contributed by atoms with van der Waals surface area (Å²) in [6.07, 6.45) is -0.595. The van der Waals surface area contributed by atoms with Crippen molar-refractivity contribution in [3.63, 3.8) is 0 Å². The highest BCUT2D eigenvalue weighted by molar-refractivity contribution is 5.93. The number of cyclic esters (lactones) is 1. The average molecular weight is 198 g/mol. The maximum atomic E-state index is 11.4. The van der Waals surface area contributed by atoms with E-state index in [0.29, 0.717) is 0 Å². The Kier molecular flexibility index (Phi) is 3.30. The summed E-state index contributed by atoms with van der Waals surface area (Å²) in [4.78, 5) is 25.9. The minimum absolute atomic E-state index is 0.0269. The maximum Gasteiger partial charge on any atom is 0.416 e. The van der Waals surface area contributed by atoms with Gasteiger partial charge in [-0.05, 0) is 5.53 Å². The molecule has 14 heavy (non-hydrogen) atoms. The predicted octanol–water partition coefficient (Wildman–Crippen LogP) is 1.05. The molecule has 1 heterocycles. The Morgan fingerprint density at radius 2 is 2.57 bits per heavy atom. The van der Waals surface area contributed by atoms with Crippen molar-refractivity contribution in [1.82, 2.24) is 4.90 Å². The Morgan fingerprint density at radius 3 is 3.07 bits per heavy atom. The molecule has 7 heteroatoms. The fourth-order valence-corrected chi connectivity index (χ4v) is 1.11. The lowest BCUT2D eigenvalue weighted by Crippen LogP contribution is -2.33.